The van der Waals surface area contributed by atoms with E-state index in [4.69, 9.17) is 21.3 Å². The summed E-state index contributed by atoms with van der Waals surface area (Å²) < 4.78 is 10.6. The Labute approximate surface area is 247 Å². The first-order valence-electron chi connectivity index (χ1n) is 14.2. The van der Waals surface area contributed by atoms with Gasteiger partial charge >= 0.3 is 6.09 Å². The Morgan fingerprint density at radius 3 is 2.54 bits per heavy atom. The van der Waals surface area contributed by atoms with Gasteiger partial charge in [-0.3, -0.25) is 4.79 Å². The zero-order chi connectivity index (χ0) is 30.1. The highest BCUT2D eigenvalue weighted by atomic mass is 35.5. The summed E-state index contributed by atoms with van der Waals surface area (Å²) in [7, 11) is 1.26. The van der Waals surface area contributed by atoms with Gasteiger partial charge in [-0.2, -0.15) is 0 Å². The van der Waals surface area contributed by atoms with E-state index < -0.39 is 6.09 Å². The molecule has 0 radical (unpaired) electrons. The number of methoxy groups -OCH3 is 1. The normalized spacial score (nSPS) is 11.3. The maximum atomic E-state index is 12.7. The summed E-state index contributed by atoms with van der Waals surface area (Å²) in [6, 6.07) is 14.1. The molecule has 5 rings (SSSR count). The minimum atomic E-state index is -0.638. The van der Waals surface area contributed by atoms with E-state index in [1.54, 1.807) is 4.90 Å². The lowest BCUT2D eigenvalue weighted by molar-refractivity contribution is -0.130. The average Bonchev–Trinajstić information content (AvgIpc) is 3.38. The Balaban J connectivity index is 0.000000710. The van der Waals surface area contributed by atoms with E-state index in [9.17, 15) is 9.59 Å². The third kappa shape index (κ3) is 7.91. The molecule has 1 aliphatic heterocycles. The zero-order valence-corrected chi connectivity index (χ0v) is 25.8. The first kappa shape index (κ1) is 31.7. The van der Waals surface area contributed by atoms with Crippen LogP contribution in [0.5, 0.6) is 5.75 Å². The van der Waals surface area contributed by atoms with E-state index in [-0.39, 0.29) is 12.5 Å². The van der Waals surface area contributed by atoms with Crippen molar-refractivity contribution in [3.63, 3.8) is 0 Å². The molecule has 8 nitrogen and oxygen atoms in total. The number of hydrogen-bond acceptors (Lipinski definition) is 5. The van der Waals surface area contributed by atoms with Crippen LogP contribution in [0, 0.1) is 5.92 Å². The Bertz CT molecular complexity index is 1500. The first-order valence-corrected chi connectivity index (χ1v) is 14.5. The van der Waals surface area contributed by atoms with Gasteiger partial charge in [-0.1, -0.05) is 65.3 Å². The smallest absolute Gasteiger partial charge is 0.407 e. The SMILES string of the molecule is CC.CC(C)C.CCCN(Cc1nc2c(ccc3cc4c(cc32)OCc2cc(Cl)ccc2-4)[nH]1)C(=O)CNC(=O)OC. The van der Waals surface area contributed by atoms with Gasteiger partial charge in [0.1, 0.15) is 24.7 Å². The average molecular weight is 581 g/mol. The minimum Gasteiger partial charge on any atom is -0.488 e. The number of aromatic amines is 1. The number of amides is 2. The summed E-state index contributed by atoms with van der Waals surface area (Å²) in [5.74, 6) is 2.11. The molecular formula is C32H41ClN4O4. The highest BCUT2D eigenvalue weighted by Crippen LogP contribution is 2.42. The first-order chi connectivity index (χ1) is 19.7. The molecule has 0 saturated carbocycles. The lowest BCUT2D eigenvalue weighted by atomic mass is 9.94. The van der Waals surface area contributed by atoms with E-state index in [0.29, 0.717) is 30.5 Å². The van der Waals surface area contributed by atoms with Crippen LogP contribution in [0.15, 0.2) is 42.5 Å². The van der Waals surface area contributed by atoms with Gasteiger partial charge < -0.3 is 24.7 Å². The highest BCUT2D eigenvalue weighted by molar-refractivity contribution is 6.30. The number of carbonyl (C=O) groups is 2. The van der Waals surface area contributed by atoms with Gasteiger partial charge in [0.25, 0.3) is 0 Å². The van der Waals surface area contributed by atoms with E-state index in [1.807, 2.05) is 51.1 Å². The molecule has 220 valence electrons. The number of aromatic nitrogens is 2. The number of alkyl carbamates (subject to hydrolysis) is 1. The monoisotopic (exact) mass is 580 g/mol. The minimum absolute atomic E-state index is 0.133. The summed E-state index contributed by atoms with van der Waals surface area (Å²) >= 11 is 6.16. The van der Waals surface area contributed by atoms with E-state index in [0.717, 1.165) is 56.6 Å². The van der Waals surface area contributed by atoms with Crippen LogP contribution in [-0.2, 0) is 22.7 Å². The van der Waals surface area contributed by atoms with Gasteiger partial charge in [-0.05, 0) is 59.2 Å². The van der Waals surface area contributed by atoms with Crippen molar-refractivity contribution >= 4 is 45.4 Å². The van der Waals surface area contributed by atoms with E-state index in [1.165, 1.54) is 7.11 Å². The summed E-state index contributed by atoms with van der Waals surface area (Å²) in [5.41, 5.74) is 4.92. The van der Waals surface area contributed by atoms with Crippen LogP contribution in [-0.4, -0.2) is 47.1 Å². The predicted molar refractivity (Wildman–Crippen MR) is 166 cm³/mol. The highest BCUT2D eigenvalue weighted by Gasteiger charge is 2.21. The van der Waals surface area contributed by atoms with Crippen LogP contribution >= 0.6 is 11.6 Å². The zero-order valence-electron chi connectivity index (χ0n) is 25.1. The molecule has 3 aromatic carbocycles. The Morgan fingerprint density at radius 2 is 1.85 bits per heavy atom. The molecule has 41 heavy (non-hydrogen) atoms. The molecule has 1 aromatic heterocycles. The molecule has 2 heterocycles. The number of imidazole rings is 1. The van der Waals surface area contributed by atoms with Crippen LogP contribution in [0.3, 0.4) is 0 Å². The third-order valence-electron chi connectivity index (χ3n) is 6.11. The fourth-order valence-electron chi connectivity index (χ4n) is 4.46. The molecule has 0 atom stereocenters. The molecule has 0 aliphatic carbocycles. The maximum Gasteiger partial charge on any atom is 0.407 e. The lowest BCUT2D eigenvalue weighted by Gasteiger charge is -2.21. The Kier molecular flexibility index (Phi) is 11.4. The molecule has 0 spiro atoms. The number of nitrogens with one attached hydrogen (secondary N) is 2. The second-order valence-corrected chi connectivity index (χ2v) is 10.6. The van der Waals surface area contributed by atoms with Crippen molar-refractivity contribution in [1.29, 1.82) is 0 Å². The topological polar surface area (TPSA) is 96.5 Å². The summed E-state index contributed by atoms with van der Waals surface area (Å²) in [5, 5.41) is 5.16. The quantitative estimate of drug-likeness (QED) is 0.243. The van der Waals surface area contributed by atoms with Crippen LogP contribution < -0.4 is 10.1 Å². The summed E-state index contributed by atoms with van der Waals surface area (Å²) in [4.78, 5) is 33.8. The van der Waals surface area contributed by atoms with Gasteiger partial charge in [0.05, 0.1) is 24.7 Å². The Hall–Kier alpha value is -3.78. The van der Waals surface area contributed by atoms with Crippen LogP contribution in [0.1, 0.15) is 59.4 Å². The van der Waals surface area contributed by atoms with Crippen LogP contribution in [0.2, 0.25) is 5.02 Å². The predicted octanol–water partition coefficient (Wildman–Crippen LogP) is 7.71. The standard InChI is InChI=1S/C26H25ClN4O4.C4H10.C2H6/c1-3-8-31(24(32)12-28-26(33)34-2)13-23-29-21-7-4-15-10-20-18-6-5-17(27)9-16(18)14-35-22(20)11-19(15)25(21)30-23;1-4(2)3;1-2/h4-7,9-11H,3,8,12-14H2,1-2H3,(H,28,33)(H,29,30);4H,1-3H3;1-2H3. The van der Waals surface area contributed by atoms with Gasteiger partial charge in [-0.15, -0.1) is 0 Å². The van der Waals surface area contributed by atoms with E-state index >= 15 is 0 Å². The second-order valence-electron chi connectivity index (χ2n) is 10.2. The van der Waals surface area contributed by atoms with Crippen molar-refractivity contribution in [2.45, 2.75) is 61.1 Å². The molecule has 2 N–H and O–H groups in total. The Morgan fingerprint density at radius 1 is 1.12 bits per heavy atom. The molecule has 0 bridgehead atoms. The van der Waals surface area contributed by atoms with Crippen molar-refractivity contribution in [3.05, 3.63) is 58.9 Å². The molecular weight excluding hydrogens is 540 g/mol. The second kappa shape index (κ2) is 14.7. The van der Waals surface area contributed by atoms with Crippen molar-refractivity contribution in [2.24, 2.45) is 5.92 Å². The number of halogens is 1. The fourth-order valence-corrected chi connectivity index (χ4v) is 4.65. The lowest BCUT2D eigenvalue weighted by Crippen LogP contribution is -2.40. The number of ether oxygens (including phenoxy) is 2. The van der Waals surface area contributed by atoms with Crippen molar-refractivity contribution in [1.82, 2.24) is 20.2 Å². The summed E-state index contributed by atoms with van der Waals surface area (Å²) in [6.45, 7) is 13.7. The van der Waals surface area contributed by atoms with Gasteiger partial charge in [0.15, 0.2) is 0 Å². The number of fused-ring (bicyclic) bond motifs is 6. The largest absolute Gasteiger partial charge is 0.488 e. The third-order valence-corrected chi connectivity index (χ3v) is 6.35. The molecule has 9 heteroatoms. The van der Waals surface area contributed by atoms with Crippen LogP contribution in [0.25, 0.3) is 32.9 Å². The number of carbonyl (C=O) groups excluding carboxylic acids is 2. The van der Waals surface area contributed by atoms with Gasteiger partial charge in [-0.25, -0.2) is 9.78 Å². The molecule has 2 amide bonds. The van der Waals surface area contributed by atoms with Crippen LogP contribution in [0.4, 0.5) is 4.79 Å². The maximum absolute atomic E-state index is 12.7. The number of rotatable bonds is 6. The van der Waals surface area contributed by atoms with Crippen molar-refractivity contribution in [3.8, 4) is 16.9 Å². The molecule has 0 unspecified atom stereocenters. The molecule has 0 fully saturated rings. The number of H-pyrrole nitrogens is 1. The summed E-state index contributed by atoms with van der Waals surface area (Å²) in [6.07, 6.45) is 0.143. The van der Waals surface area contributed by atoms with Crippen molar-refractivity contribution < 1.29 is 19.1 Å². The molecule has 1 aliphatic rings. The molecule has 0 saturated heterocycles. The van der Waals surface area contributed by atoms with Gasteiger partial charge in [0, 0.05) is 22.5 Å². The van der Waals surface area contributed by atoms with Gasteiger partial charge in [0.2, 0.25) is 5.91 Å². The van der Waals surface area contributed by atoms with Crippen molar-refractivity contribution in [2.75, 3.05) is 20.2 Å². The number of nitrogens with zero attached hydrogens (tertiary/aromatic N) is 2. The van der Waals surface area contributed by atoms with E-state index in [2.05, 4.69) is 47.9 Å². The fraction of sp³-hybridized carbons (Fsp3) is 0.406. The number of hydrogen-bond donors (Lipinski definition) is 2. The molecule has 4 aromatic rings. The number of benzene rings is 3.